The fourth-order valence-electron chi connectivity index (χ4n) is 4.33. The molecule has 106 valence electrons. The van der Waals surface area contributed by atoms with E-state index < -0.39 is 0 Å². The summed E-state index contributed by atoms with van der Waals surface area (Å²) in [5.41, 5.74) is 0.614. The van der Waals surface area contributed by atoms with Crippen LogP contribution in [0, 0.1) is 29.1 Å². The zero-order valence-corrected chi connectivity index (χ0v) is 12.5. The molecule has 1 amide bonds. The Bertz CT molecular complexity index is 405. The molecular formula is C16H26N2O. The van der Waals surface area contributed by atoms with Crippen LogP contribution in [0.5, 0.6) is 0 Å². The van der Waals surface area contributed by atoms with Gasteiger partial charge in [0.1, 0.15) is 0 Å². The first-order valence-corrected chi connectivity index (χ1v) is 7.28. The first-order chi connectivity index (χ1) is 8.81. The molecule has 2 N–H and O–H groups in total. The van der Waals surface area contributed by atoms with Crippen LogP contribution in [0.4, 0.5) is 0 Å². The summed E-state index contributed by atoms with van der Waals surface area (Å²) in [4.78, 5) is 11.9. The predicted octanol–water partition coefficient (Wildman–Crippen LogP) is 1.93. The van der Waals surface area contributed by atoms with Crippen molar-refractivity contribution in [1.29, 1.82) is 0 Å². The van der Waals surface area contributed by atoms with E-state index in [0.717, 1.165) is 5.92 Å². The third-order valence-corrected chi connectivity index (χ3v) is 5.44. The van der Waals surface area contributed by atoms with Gasteiger partial charge in [0.25, 0.3) is 0 Å². The van der Waals surface area contributed by atoms with Gasteiger partial charge in [-0.05, 0) is 42.9 Å². The van der Waals surface area contributed by atoms with Gasteiger partial charge in [0, 0.05) is 6.04 Å². The molecule has 0 aromatic carbocycles. The van der Waals surface area contributed by atoms with E-state index in [2.05, 4.69) is 37.3 Å². The van der Waals surface area contributed by atoms with Crippen molar-refractivity contribution in [3.63, 3.8) is 0 Å². The monoisotopic (exact) mass is 262 g/mol. The van der Waals surface area contributed by atoms with E-state index in [4.69, 9.17) is 6.42 Å². The minimum atomic E-state index is -0.186. The van der Waals surface area contributed by atoms with Crippen LogP contribution in [0.2, 0.25) is 0 Å². The lowest BCUT2D eigenvalue weighted by Crippen LogP contribution is -2.56. The predicted molar refractivity (Wildman–Crippen MR) is 77.5 cm³/mol. The molecule has 0 aromatic heterocycles. The number of carbonyl (C=O) groups is 1. The third kappa shape index (κ3) is 2.39. The standard InChI is InChI=1S/C16H26N2O/c1-6-9-17-13(19)11(2)18-14-15(3,4)12-7-8-16(14,5)10-12/h1,11-12,14,18H,7-10H2,2-5H3,(H,17,19). The Morgan fingerprint density at radius 2 is 2.16 bits per heavy atom. The molecule has 4 unspecified atom stereocenters. The van der Waals surface area contributed by atoms with Gasteiger partial charge in [-0.2, -0.15) is 0 Å². The largest absolute Gasteiger partial charge is 0.344 e. The first-order valence-electron chi connectivity index (χ1n) is 7.28. The molecule has 2 rings (SSSR count). The van der Waals surface area contributed by atoms with Crippen molar-refractivity contribution in [3.05, 3.63) is 0 Å². The summed E-state index contributed by atoms with van der Waals surface area (Å²) in [6, 6.07) is 0.221. The lowest BCUT2D eigenvalue weighted by atomic mass is 9.68. The average molecular weight is 262 g/mol. The van der Waals surface area contributed by atoms with Crippen molar-refractivity contribution in [2.75, 3.05) is 6.54 Å². The molecule has 0 heterocycles. The topological polar surface area (TPSA) is 41.1 Å². The summed E-state index contributed by atoms with van der Waals surface area (Å²) in [5.74, 6) is 3.23. The third-order valence-electron chi connectivity index (χ3n) is 5.44. The van der Waals surface area contributed by atoms with Gasteiger partial charge in [-0.3, -0.25) is 4.79 Å². The van der Waals surface area contributed by atoms with Crippen LogP contribution in [0.25, 0.3) is 0 Å². The summed E-state index contributed by atoms with van der Waals surface area (Å²) in [6.07, 6.45) is 9.06. The summed E-state index contributed by atoms with van der Waals surface area (Å²) in [6.45, 7) is 9.28. The van der Waals surface area contributed by atoms with Gasteiger partial charge in [0.05, 0.1) is 12.6 Å². The van der Waals surface area contributed by atoms with E-state index in [1.54, 1.807) is 0 Å². The Hall–Kier alpha value is -1.01. The molecule has 19 heavy (non-hydrogen) atoms. The summed E-state index contributed by atoms with van der Waals surface area (Å²) in [5, 5.41) is 6.32. The highest BCUT2D eigenvalue weighted by molar-refractivity contribution is 5.81. The van der Waals surface area contributed by atoms with Crippen molar-refractivity contribution >= 4 is 5.91 Å². The van der Waals surface area contributed by atoms with Crippen molar-refractivity contribution in [2.24, 2.45) is 16.7 Å². The molecule has 2 aliphatic carbocycles. The highest BCUT2D eigenvalue weighted by atomic mass is 16.2. The molecule has 4 atom stereocenters. The maximum absolute atomic E-state index is 11.9. The molecule has 0 spiro atoms. The molecule has 0 aromatic rings. The maximum atomic E-state index is 11.9. The number of amides is 1. The van der Waals surface area contributed by atoms with Gasteiger partial charge in [0.2, 0.25) is 5.91 Å². The smallest absolute Gasteiger partial charge is 0.237 e. The number of carbonyl (C=O) groups excluding carboxylic acids is 1. The van der Waals surface area contributed by atoms with Crippen LogP contribution >= 0.6 is 0 Å². The molecule has 0 saturated heterocycles. The van der Waals surface area contributed by atoms with Crippen LogP contribution in [0.3, 0.4) is 0 Å². The fraction of sp³-hybridized carbons (Fsp3) is 0.812. The molecule has 3 heteroatoms. The summed E-state index contributed by atoms with van der Waals surface area (Å²) in [7, 11) is 0. The Balaban J connectivity index is 2.02. The van der Waals surface area contributed by atoms with Gasteiger partial charge in [-0.25, -0.2) is 0 Å². The number of nitrogens with one attached hydrogen (secondary N) is 2. The van der Waals surface area contributed by atoms with Gasteiger partial charge in [-0.15, -0.1) is 6.42 Å². The number of hydrogen-bond donors (Lipinski definition) is 2. The fourth-order valence-corrected chi connectivity index (χ4v) is 4.33. The average Bonchev–Trinajstić information content (AvgIpc) is 2.82. The molecule has 0 aliphatic heterocycles. The van der Waals surface area contributed by atoms with Gasteiger partial charge >= 0.3 is 0 Å². The molecule has 2 saturated carbocycles. The van der Waals surface area contributed by atoms with Crippen molar-refractivity contribution in [2.45, 2.75) is 59.0 Å². The molecular weight excluding hydrogens is 236 g/mol. The Labute approximate surface area is 116 Å². The second kappa shape index (κ2) is 4.83. The van der Waals surface area contributed by atoms with Gasteiger partial charge < -0.3 is 10.6 Å². The lowest BCUT2D eigenvalue weighted by Gasteiger charge is -2.44. The minimum Gasteiger partial charge on any atom is -0.344 e. The second-order valence-electron chi connectivity index (χ2n) is 7.16. The van der Waals surface area contributed by atoms with Crippen molar-refractivity contribution in [3.8, 4) is 12.3 Å². The SMILES string of the molecule is C#CCNC(=O)C(C)NC1C2(C)CCC(C2)C1(C)C. The molecule has 2 bridgehead atoms. The zero-order valence-electron chi connectivity index (χ0n) is 12.5. The van der Waals surface area contributed by atoms with E-state index in [9.17, 15) is 4.79 Å². The maximum Gasteiger partial charge on any atom is 0.237 e. The van der Waals surface area contributed by atoms with Crippen LogP contribution in [-0.2, 0) is 4.79 Å². The van der Waals surface area contributed by atoms with Gasteiger partial charge in [0.15, 0.2) is 0 Å². The van der Waals surface area contributed by atoms with Crippen LogP contribution < -0.4 is 10.6 Å². The van der Waals surface area contributed by atoms with Gasteiger partial charge in [-0.1, -0.05) is 26.7 Å². The molecule has 2 aliphatic rings. The van der Waals surface area contributed by atoms with Crippen LogP contribution in [0.15, 0.2) is 0 Å². The van der Waals surface area contributed by atoms with Crippen molar-refractivity contribution in [1.82, 2.24) is 10.6 Å². The number of rotatable bonds is 4. The first kappa shape index (κ1) is 14.4. The Morgan fingerprint density at radius 1 is 1.47 bits per heavy atom. The number of terminal acetylenes is 1. The Kier molecular flexibility index (Phi) is 3.66. The summed E-state index contributed by atoms with van der Waals surface area (Å²) >= 11 is 0. The lowest BCUT2D eigenvalue weighted by molar-refractivity contribution is -0.123. The van der Waals surface area contributed by atoms with E-state index in [0.29, 0.717) is 18.0 Å². The molecule has 2 fully saturated rings. The molecule has 0 radical (unpaired) electrons. The van der Waals surface area contributed by atoms with Crippen LogP contribution in [0.1, 0.15) is 47.0 Å². The van der Waals surface area contributed by atoms with Crippen LogP contribution in [-0.4, -0.2) is 24.5 Å². The van der Waals surface area contributed by atoms with E-state index in [-0.39, 0.29) is 17.4 Å². The summed E-state index contributed by atoms with van der Waals surface area (Å²) < 4.78 is 0. The Morgan fingerprint density at radius 3 is 2.68 bits per heavy atom. The normalized spacial score (nSPS) is 36.8. The number of hydrogen-bond acceptors (Lipinski definition) is 2. The highest BCUT2D eigenvalue weighted by Crippen LogP contribution is 2.62. The van der Waals surface area contributed by atoms with E-state index in [1.165, 1.54) is 19.3 Å². The van der Waals surface area contributed by atoms with E-state index in [1.807, 2.05) is 6.92 Å². The minimum absolute atomic E-state index is 0.000114. The van der Waals surface area contributed by atoms with E-state index >= 15 is 0 Å². The van der Waals surface area contributed by atoms with Crippen molar-refractivity contribution < 1.29 is 4.79 Å². The second-order valence-corrected chi connectivity index (χ2v) is 7.16. The highest BCUT2D eigenvalue weighted by Gasteiger charge is 2.59. The molecule has 3 nitrogen and oxygen atoms in total. The quantitative estimate of drug-likeness (QED) is 0.760. The zero-order chi connectivity index (χ0) is 14.3. The number of fused-ring (bicyclic) bond motifs is 2.